The zero-order chi connectivity index (χ0) is 36.9. The van der Waals surface area contributed by atoms with Crippen LogP contribution in [-0.4, -0.2) is 94.9 Å². The van der Waals surface area contributed by atoms with Crippen LogP contribution in [0.3, 0.4) is 0 Å². The summed E-state index contributed by atoms with van der Waals surface area (Å²) in [5.41, 5.74) is -8.21. The summed E-state index contributed by atoms with van der Waals surface area (Å²) in [6.07, 6.45) is -6.12. The second-order valence-corrected chi connectivity index (χ2v) is 14.3. The predicted molar refractivity (Wildman–Crippen MR) is 164 cm³/mol. The molecular weight excluding hydrogens is 648 g/mol. The highest BCUT2D eigenvalue weighted by Crippen LogP contribution is 2.69. The lowest BCUT2D eigenvalue weighted by molar-refractivity contribution is -0.363. The number of carbonyl (C=O) groups excluding carboxylic acids is 6. The number of hydrogen-bond donors (Lipinski definition) is 1. The number of carbonyl (C=O) groups is 6. The van der Waals surface area contributed by atoms with E-state index in [0.717, 1.165) is 27.0 Å². The third-order valence-corrected chi connectivity index (χ3v) is 9.59. The molecule has 0 radical (unpaired) electrons. The van der Waals surface area contributed by atoms with Crippen molar-refractivity contribution in [3.63, 3.8) is 0 Å². The third kappa shape index (κ3) is 6.42. The first-order valence-electron chi connectivity index (χ1n) is 16.2. The Bertz CT molecular complexity index is 1460. The number of hydrogen-bond acceptors (Lipinski definition) is 15. The number of ether oxygens (including phenoxy) is 7. The molecule has 15 heteroatoms. The van der Waals surface area contributed by atoms with Gasteiger partial charge in [-0.25, -0.2) is 4.79 Å². The maximum Gasteiger partial charge on any atom is 0.341 e. The highest BCUT2D eigenvalue weighted by Gasteiger charge is 2.89. The molecular formula is C34H46O15. The van der Waals surface area contributed by atoms with E-state index in [-0.39, 0.29) is 5.56 Å². The zero-order valence-corrected chi connectivity index (χ0v) is 29.4. The lowest BCUT2D eigenvalue weighted by atomic mass is 9.45. The Balaban J connectivity index is 2.18. The van der Waals surface area contributed by atoms with E-state index in [0.29, 0.717) is 0 Å². The van der Waals surface area contributed by atoms with Crippen molar-refractivity contribution in [3.8, 4) is 0 Å². The average molecular weight is 695 g/mol. The minimum Gasteiger partial charge on any atom is -0.472 e. The molecule has 1 saturated heterocycles. The first kappa shape index (κ1) is 37.8. The number of aliphatic hydroxyl groups is 1. The fourth-order valence-corrected chi connectivity index (χ4v) is 7.83. The van der Waals surface area contributed by atoms with Crippen molar-refractivity contribution in [2.45, 2.75) is 123 Å². The predicted octanol–water partition coefficient (Wildman–Crippen LogP) is 2.69. The van der Waals surface area contributed by atoms with Gasteiger partial charge >= 0.3 is 35.8 Å². The lowest BCUT2D eigenvalue weighted by Crippen LogP contribution is -2.85. The van der Waals surface area contributed by atoms with Gasteiger partial charge in [-0.2, -0.15) is 0 Å². The van der Waals surface area contributed by atoms with Gasteiger partial charge in [-0.05, 0) is 26.8 Å². The highest BCUT2D eigenvalue weighted by molar-refractivity contribution is 5.89. The minimum absolute atomic E-state index is 0.0611. The number of rotatable bonds is 10. The summed E-state index contributed by atoms with van der Waals surface area (Å²) < 4.78 is 47.8. The molecule has 272 valence electrons. The topological polar surface area (TPSA) is 200 Å². The van der Waals surface area contributed by atoms with Gasteiger partial charge in [-0.15, -0.1) is 0 Å². The Labute approximate surface area is 284 Å². The van der Waals surface area contributed by atoms with E-state index in [1.165, 1.54) is 19.3 Å². The van der Waals surface area contributed by atoms with Gasteiger partial charge in [0.05, 0.1) is 40.8 Å². The quantitative estimate of drug-likeness (QED) is 0.277. The molecule has 49 heavy (non-hydrogen) atoms. The molecule has 1 unspecified atom stereocenters. The molecule has 1 spiro atoms. The van der Waals surface area contributed by atoms with E-state index in [9.17, 15) is 33.9 Å². The van der Waals surface area contributed by atoms with Crippen molar-refractivity contribution in [2.24, 2.45) is 23.2 Å². The van der Waals surface area contributed by atoms with Crippen LogP contribution in [0.2, 0.25) is 0 Å². The van der Waals surface area contributed by atoms with Gasteiger partial charge in [0.25, 0.3) is 0 Å². The summed E-state index contributed by atoms with van der Waals surface area (Å²) in [6, 6.07) is 1.32. The Morgan fingerprint density at radius 3 is 1.90 bits per heavy atom. The fraction of sp³-hybridized carbons (Fsp3) is 0.706. The molecule has 1 aromatic heterocycles. The number of furan rings is 1. The van der Waals surface area contributed by atoms with Gasteiger partial charge in [0, 0.05) is 27.2 Å². The van der Waals surface area contributed by atoms with Crippen molar-refractivity contribution in [1.29, 1.82) is 0 Å². The molecule has 0 amide bonds. The van der Waals surface area contributed by atoms with Crippen molar-refractivity contribution < 1.29 is 71.4 Å². The van der Waals surface area contributed by atoms with Gasteiger partial charge in [0.2, 0.25) is 0 Å². The summed E-state index contributed by atoms with van der Waals surface area (Å²) in [4.78, 5) is 79.0. The molecule has 3 fully saturated rings. The summed E-state index contributed by atoms with van der Waals surface area (Å²) in [5.74, 6) is -7.53. The molecule has 2 saturated carbocycles. The highest BCUT2D eigenvalue weighted by atomic mass is 16.7. The Morgan fingerprint density at radius 2 is 1.39 bits per heavy atom. The van der Waals surface area contributed by atoms with Gasteiger partial charge in [-0.1, -0.05) is 27.7 Å². The van der Waals surface area contributed by atoms with Crippen LogP contribution in [0, 0.1) is 23.2 Å². The largest absolute Gasteiger partial charge is 0.472 e. The van der Waals surface area contributed by atoms with E-state index >= 15 is 0 Å². The van der Waals surface area contributed by atoms with Crippen molar-refractivity contribution >= 4 is 35.8 Å². The normalized spacial score (nSPS) is 34.4. The van der Waals surface area contributed by atoms with Gasteiger partial charge < -0.3 is 42.7 Å². The molecule has 2 bridgehead atoms. The summed E-state index contributed by atoms with van der Waals surface area (Å²) in [7, 11) is 0. The number of esters is 6. The fourth-order valence-electron chi connectivity index (χ4n) is 7.83. The first-order chi connectivity index (χ1) is 22.6. The van der Waals surface area contributed by atoms with E-state index < -0.39 is 119 Å². The molecule has 9 atom stereocenters. The molecule has 3 aliphatic rings. The molecule has 2 heterocycles. The Hall–Kier alpha value is -3.98. The van der Waals surface area contributed by atoms with Crippen LogP contribution < -0.4 is 0 Å². The molecule has 0 aromatic carbocycles. The zero-order valence-electron chi connectivity index (χ0n) is 29.4. The van der Waals surface area contributed by atoms with Gasteiger partial charge in [0.1, 0.15) is 36.6 Å². The van der Waals surface area contributed by atoms with Crippen LogP contribution in [0.1, 0.15) is 86.0 Å². The van der Waals surface area contributed by atoms with E-state index in [4.69, 9.17) is 37.6 Å². The average Bonchev–Trinajstić information content (AvgIpc) is 3.57. The summed E-state index contributed by atoms with van der Waals surface area (Å²) >= 11 is 0. The van der Waals surface area contributed by atoms with Crippen molar-refractivity contribution in [3.05, 3.63) is 24.2 Å². The Kier molecular flexibility index (Phi) is 10.3. The summed E-state index contributed by atoms with van der Waals surface area (Å²) in [6.45, 7) is 13.3. The minimum atomic E-state index is -2.29. The van der Waals surface area contributed by atoms with Crippen LogP contribution in [0.5, 0.6) is 0 Å². The van der Waals surface area contributed by atoms with Crippen LogP contribution in [0.25, 0.3) is 0 Å². The maximum absolute atomic E-state index is 13.8. The smallest absolute Gasteiger partial charge is 0.341 e. The second kappa shape index (κ2) is 13.4. The molecule has 15 nitrogen and oxygen atoms in total. The maximum atomic E-state index is 13.8. The van der Waals surface area contributed by atoms with E-state index in [1.54, 1.807) is 41.5 Å². The first-order valence-corrected chi connectivity index (χ1v) is 16.2. The SMILES string of the molecule is CC(=O)OC1[C@@H]2[C@@H](OC(C)=O)[C@@]3(OC2(C)C)[C@](COC(=O)C(C)C)([C@H]1OC(=O)c1ccoc1)[C@@H](OC(C)=O)[C@@H](OC(=O)C(C)C)C[C@]3(C)O. The lowest BCUT2D eigenvalue weighted by Gasteiger charge is -2.66. The van der Waals surface area contributed by atoms with Crippen LogP contribution in [-0.2, 0) is 57.1 Å². The van der Waals surface area contributed by atoms with Gasteiger partial charge in [-0.3, -0.25) is 24.0 Å². The molecule has 4 rings (SSSR count). The standard InChI is InChI=1S/C34H46O15/c1-16(2)28(38)43-15-33-25(45-19(6)36)22(47-29(39)17(3)4)13-32(10,41)34(33)26(46-20(7)37)23(31(8,9)49-34)24(44-18(5)35)27(33)48-30(40)21-11-12-42-14-21/h11-12,14,16-17,22-27,41H,13,15H2,1-10H3/t22-,23+,24?,25-,26+,27-,32-,33-,34-/m0/s1. The summed E-state index contributed by atoms with van der Waals surface area (Å²) in [5, 5.41) is 12.7. The second-order valence-electron chi connectivity index (χ2n) is 14.3. The molecule has 1 aromatic rings. The number of fused-ring (bicyclic) bond motifs is 1. The van der Waals surface area contributed by atoms with Crippen LogP contribution in [0.15, 0.2) is 23.0 Å². The van der Waals surface area contributed by atoms with E-state index in [2.05, 4.69) is 0 Å². The van der Waals surface area contributed by atoms with E-state index in [1.807, 2.05) is 0 Å². The molecule has 1 aliphatic heterocycles. The van der Waals surface area contributed by atoms with Crippen LogP contribution >= 0.6 is 0 Å². The van der Waals surface area contributed by atoms with Crippen LogP contribution in [0.4, 0.5) is 0 Å². The van der Waals surface area contributed by atoms with Crippen molar-refractivity contribution in [2.75, 3.05) is 6.61 Å². The molecule has 2 aliphatic carbocycles. The monoisotopic (exact) mass is 694 g/mol. The van der Waals surface area contributed by atoms with Gasteiger partial charge in [0.15, 0.2) is 17.8 Å². The third-order valence-electron chi connectivity index (χ3n) is 9.59. The molecule has 1 N–H and O–H groups in total. The Morgan fingerprint density at radius 1 is 0.816 bits per heavy atom. The van der Waals surface area contributed by atoms with Crippen molar-refractivity contribution in [1.82, 2.24) is 0 Å².